The minimum Gasteiger partial charge on any atom is -0.311 e. The molecule has 0 saturated heterocycles. The zero-order valence-corrected chi connectivity index (χ0v) is 18.6. The third-order valence-electron chi connectivity index (χ3n) is 7.26. The van der Waals surface area contributed by atoms with Crippen LogP contribution >= 0.6 is 0 Å². The Morgan fingerprint density at radius 2 is 1.52 bits per heavy atom. The van der Waals surface area contributed by atoms with E-state index in [-0.39, 0.29) is 0 Å². The van der Waals surface area contributed by atoms with Crippen molar-refractivity contribution < 1.29 is 0 Å². The Labute approximate surface area is 160 Å². The molecule has 0 radical (unpaired) electrons. The van der Waals surface area contributed by atoms with Crippen LogP contribution in [-0.2, 0) is 0 Å². The largest absolute Gasteiger partial charge is 0.311 e. The first-order chi connectivity index (χ1) is 11.9. The lowest BCUT2D eigenvalue weighted by molar-refractivity contribution is 0.130. The van der Waals surface area contributed by atoms with Gasteiger partial charge in [-0.3, -0.25) is 0 Å². The number of hydrogen-bond donors (Lipinski definition) is 1. The van der Waals surface area contributed by atoms with Crippen LogP contribution in [0.25, 0.3) is 0 Å². The summed E-state index contributed by atoms with van der Waals surface area (Å²) in [6.07, 6.45) is 14.0. The second-order valence-corrected chi connectivity index (χ2v) is 9.62. The van der Waals surface area contributed by atoms with Crippen LogP contribution in [0.1, 0.15) is 113 Å². The predicted octanol–water partition coefficient (Wildman–Crippen LogP) is 7.45. The average Bonchev–Trinajstić information content (AvgIpc) is 2.82. The zero-order valence-electron chi connectivity index (χ0n) is 18.6. The lowest BCUT2D eigenvalue weighted by atomic mass is 9.70. The summed E-state index contributed by atoms with van der Waals surface area (Å²) in [5.74, 6) is 4.34. The summed E-state index contributed by atoms with van der Waals surface area (Å²) in [6, 6.07) is 1.43. The average molecular weight is 352 g/mol. The van der Waals surface area contributed by atoms with Crippen molar-refractivity contribution in [1.29, 1.82) is 0 Å². The normalized spacial score (nSPS) is 26.9. The highest BCUT2D eigenvalue weighted by Gasteiger charge is 2.34. The fourth-order valence-corrected chi connectivity index (χ4v) is 4.94. The molecule has 0 bridgehead atoms. The van der Waals surface area contributed by atoms with E-state index in [1.807, 2.05) is 0 Å². The Morgan fingerprint density at radius 1 is 0.840 bits per heavy atom. The van der Waals surface area contributed by atoms with E-state index in [0.29, 0.717) is 6.04 Å². The third-order valence-corrected chi connectivity index (χ3v) is 7.26. The molecule has 6 unspecified atom stereocenters. The maximum atomic E-state index is 4.12. The smallest absolute Gasteiger partial charge is 0.0100 e. The molecule has 0 amide bonds. The fourth-order valence-electron chi connectivity index (χ4n) is 4.94. The molecule has 1 heteroatoms. The first-order valence-electron chi connectivity index (χ1n) is 11.7. The minimum absolute atomic E-state index is 0.677. The van der Waals surface area contributed by atoms with Crippen LogP contribution in [0.3, 0.4) is 0 Å². The van der Waals surface area contributed by atoms with Crippen molar-refractivity contribution in [2.45, 2.75) is 125 Å². The fraction of sp³-hybridized carbons (Fsp3) is 1.00. The standard InChI is InChI=1S/C24H49N/c1-8-13-22(21(7)18(3)4)23-14-11-10-12-15-24(23)25-20(6)17-16-19(5)9-2/h18-25H,8-17H2,1-7H3. The van der Waals surface area contributed by atoms with Crippen LogP contribution in [0.15, 0.2) is 0 Å². The van der Waals surface area contributed by atoms with Gasteiger partial charge < -0.3 is 5.32 Å². The summed E-state index contributed by atoms with van der Waals surface area (Å²) in [7, 11) is 0. The Hall–Kier alpha value is -0.0400. The maximum absolute atomic E-state index is 4.12. The quantitative estimate of drug-likeness (QED) is 0.381. The third kappa shape index (κ3) is 8.02. The van der Waals surface area contributed by atoms with Gasteiger partial charge in [0.2, 0.25) is 0 Å². The predicted molar refractivity (Wildman–Crippen MR) is 114 cm³/mol. The van der Waals surface area contributed by atoms with Gasteiger partial charge in [0.25, 0.3) is 0 Å². The van der Waals surface area contributed by atoms with Gasteiger partial charge in [-0.15, -0.1) is 0 Å². The van der Waals surface area contributed by atoms with Gasteiger partial charge in [-0.25, -0.2) is 0 Å². The van der Waals surface area contributed by atoms with E-state index in [1.54, 1.807) is 0 Å². The van der Waals surface area contributed by atoms with Crippen molar-refractivity contribution in [1.82, 2.24) is 5.32 Å². The van der Waals surface area contributed by atoms with Gasteiger partial charge in [-0.05, 0) is 62.2 Å². The molecule has 1 aliphatic rings. The molecular weight excluding hydrogens is 302 g/mol. The molecule has 1 N–H and O–H groups in total. The van der Waals surface area contributed by atoms with E-state index in [4.69, 9.17) is 0 Å². The van der Waals surface area contributed by atoms with Gasteiger partial charge in [0.05, 0.1) is 0 Å². The van der Waals surface area contributed by atoms with Crippen molar-refractivity contribution in [3.05, 3.63) is 0 Å². The molecule has 0 aromatic heterocycles. The van der Waals surface area contributed by atoms with E-state index in [9.17, 15) is 0 Å². The van der Waals surface area contributed by atoms with Crippen LogP contribution in [0.2, 0.25) is 0 Å². The maximum Gasteiger partial charge on any atom is 0.0100 e. The van der Waals surface area contributed by atoms with Gasteiger partial charge >= 0.3 is 0 Å². The lowest BCUT2D eigenvalue weighted by Crippen LogP contribution is -2.45. The van der Waals surface area contributed by atoms with Gasteiger partial charge in [0, 0.05) is 12.1 Å². The van der Waals surface area contributed by atoms with Crippen LogP contribution in [0.5, 0.6) is 0 Å². The second kappa shape index (κ2) is 12.4. The van der Waals surface area contributed by atoms with E-state index in [1.165, 1.54) is 64.2 Å². The molecule has 0 aromatic rings. The summed E-state index contributed by atoms with van der Waals surface area (Å²) in [5, 5.41) is 4.12. The molecule has 1 saturated carbocycles. The van der Waals surface area contributed by atoms with Crippen LogP contribution < -0.4 is 5.32 Å². The molecule has 0 aliphatic heterocycles. The summed E-state index contributed by atoms with van der Waals surface area (Å²) in [6.45, 7) is 16.9. The monoisotopic (exact) mass is 351 g/mol. The van der Waals surface area contributed by atoms with Crippen molar-refractivity contribution in [3.63, 3.8) is 0 Å². The molecule has 0 heterocycles. The van der Waals surface area contributed by atoms with Crippen molar-refractivity contribution >= 4 is 0 Å². The van der Waals surface area contributed by atoms with E-state index in [0.717, 1.165) is 35.6 Å². The molecule has 6 atom stereocenters. The Bertz CT molecular complexity index is 324. The van der Waals surface area contributed by atoms with Crippen LogP contribution in [-0.4, -0.2) is 12.1 Å². The molecule has 0 spiro atoms. The van der Waals surface area contributed by atoms with Crippen molar-refractivity contribution in [3.8, 4) is 0 Å². The number of nitrogens with one attached hydrogen (secondary N) is 1. The molecule has 1 rings (SSSR count). The summed E-state index contributed by atoms with van der Waals surface area (Å²) in [5.41, 5.74) is 0. The van der Waals surface area contributed by atoms with E-state index >= 15 is 0 Å². The van der Waals surface area contributed by atoms with E-state index < -0.39 is 0 Å². The molecule has 1 nitrogen and oxygen atoms in total. The topological polar surface area (TPSA) is 12.0 Å². The Balaban J connectivity index is 2.76. The van der Waals surface area contributed by atoms with Crippen molar-refractivity contribution in [2.24, 2.45) is 29.6 Å². The molecule has 150 valence electrons. The number of hydrogen-bond acceptors (Lipinski definition) is 1. The van der Waals surface area contributed by atoms with Crippen molar-refractivity contribution in [2.75, 3.05) is 0 Å². The molecule has 1 aliphatic carbocycles. The number of rotatable bonds is 11. The van der Waals surface area contributed by atoms with Gasteiger partial charge in [0.15, 0.2) is 0 Å². The Morgan fingerprint density at radius 3 is 2.12 bits per heavy atom. The summed E-state index contributed by atoms with van der Waals surface area (Å²) in [4.78, 5) is 0. The van der Waals surface area contributed by atoms with E-state index in [2.05, 4.69) is 53.8 Å². The molecule has 25 heavy (non-hydrogen) atoms. The second-order valence-electron chi connectivity index (χ2n) is 9.62. The molecule has 0 aromatic carbocycles. The molecule has 1 fully saturated rings. The highest BCUT2D eigenvalue weighted by atomic mass is 15.0. The minimum atomic E-state index is 0.677. The highest BCUT2D eigenvalue weighted by molar-refractivity contribution is 4.88. The summed E-state index contributed by atoms with van der Waals surface area (Å²) < 4.78 is 0. The first-order valence-corrected chi connectivity index (χ1v) is 11.7. The SMILES string of the molecule is CCCC(C(C)C(C)C)C1CCCCCC1NC(C)CCC(C)CC. The lowest BCUT2D eigenvalue weighted by Gasteiger charge is -2.39. The zero-order chi connectivity index (χ0) is 18.8. The molecular formula is C24H49N. The Kier molecular flexibility index (Phi) is 11.4. The van der Waals surface area contributed by atoms with Gasteiger partial charge in [-0.1, -0.05) is 80.1 Å². The van der Waals surface area contributed by atoms with Crippen LogP contribution in [0.4, 0.5) is 0 Å². The first kappa shape index (κ1) is 23.0. The highest BCUT2D eigenvalue weighted by Crippen LogP contribution is 2.39. The van der Waals surface area contributed by atoms with Gasteiger partial charge in [0.1, 0.15) is 0 Å². The van der Waals surface area contributed by atoms with Crippen LogP contribution in [0, 0.1) is 29.6 Å². The van der Waals surface area contributed by atoms with Gasteiger partial charge in [-0.2, -0.15) is 0 Å². The summed E-state index contributed by atoms with van der Waals surface area (Å²) >= 11 is 0.